The first-order valence-electron chi connectivity index (χ1n) is 12.3. The number of hydrogen-bond acceptors (Lipinski definition) is 4. The fourth-order valence-corrected chi connectivity index (χ4v) is 9.20. The third-order valence-electron chi connectivity index (χ3n) is 6.23. The van der Waals surface area contributed by atoms with Gasteiger partial charge in [-0.25, -0.2) is 4.79 Å². The van der Waals surface area contributed by atoms with Crippen LogP contribution in [0.1, 0.15) is 32.8 Å². The molecule has 36 heavy (non-hydrogen) atoms. The van der Waals surface area contributed by atoms with Gasteiger partial charge in [0.2, 0.25) is 0 Å². The molecule has 0 radical (unpaired) electrons. The third-order valence-corrected chi connectivity index (χ3v) is 11.2. The van der Waals surface area contributed by atoms with Crippen molar-refractivity contribution in [2.75, 3.05) is 6.61 Å². The van der Waals surface area contributed by atoms with E-state index in [-0.39, 0.29) is 11.6 Å². The number of aliphatic hydroxyl groups is 1. The van der Waals surface area contributed by atoms with Crippen LogP contribution in [-0.4, -0.2) is 38.3 Å². The van der Waals surface area contributed by atoms with Gasteiger partial charge in [-0.2, -0.15) is 0 Å². The molecule has 3 aromatic carbocycles. The normalized spacial score (nSPS) is 13.9. The first kappa shape index (κ1) is 27.4. The summed E-state index contributed by atoms with van der Waals surface area (Å²) in [6, 6.07) is 30.4. The third kappa shape index (κ3) is 7.16. The summed E-state index contributed by atoms with van der Waals surface area (Å²) >= 11 is 0. The molecule has 0 aliphatic heterocycles. The van der Waals surface area contributed by atoms with Crippen molar-refractivity contribution in [1.82, 2.24) is 0 Å². The minimum atomic E-state index is -2.78. The van der Waals surface area contributed by atoms with Gasteiger partial charge in [0.25, 0.3) is 8.32 Å². The summed E-state index contributed by atoms with van der Waals surface area (Å²) in [5.74, 6) is 0. The van der Waals surface area contributed by atoms with Crippen LogP contribution < -0.4 is 16.1 Å². The number of ether oxygens (including phenoxy) is 1. The molecule has 1 amide bonds. The van der Waals surface area contributed by atoms with Gasteiger partial charge in [0.15, 0.2) is 0 Å². The predicted octanol–water partition coefficient (Wildman–Crippen LogP) is 4.58. The van der Waals surface area contributed by atoms with E-state index in [1.54, 1.807) is 6.08 Å². The molecule has 0 aliphatic rings. The molecule has 0 aliphatic carbocycles. The van der Waals surface area contributed by atoms with Crippen molar-refractivity contribution in [3.8, 4) is 0 Å². The number of hydrogen-bond donors (Lipinski definition) is 2. The van der Waals surface area contributed by atoms with Crippen LogP contribution in [0.25, 0.3) is 0 Å². The topological polar surface area (TPSA) is 81.8 Å². The van der Waals surface area contributed by atoms with Gasteiger partial charge in [0.05, 0.1) is 12.7 Å². The van der Waals surface area contributed by atoms with E-state index in [2.05, 4.69) is 45.0 Å². The number of nitrogens with two attached hydrogens (primary N) is 1. The van der Waals surface area contributed by atoms with Crippen molar-refractivity contribution in [2.24, 2.45) is 5.73 Å². The summed E-state index contributed by atoms with van der Waals surface area (Å²) in [5.41, 5.74) is 6.45. The van der Waals surface area contributed by atoms with E-state index >= 15 is 0 Å². The highest BCUT2D eigenvalue weighted by molar-refractivity contribution is 6.99. The Labute approximate surface area is 215 Å². The van der Waals surface area contributed by atoms with E-state index in [4.69, 9.17) is 14.9 Å². The fourth-order valence-electron chi connectivity index (χ4n) is 4.61. The zero-order chi connectivity index (χ0) is 26.0. The van der Waals surface area contributed by atoms with Crippen molar-refractivity contribution in [2.45, 2.75) is 50.9 Å². The van der Waals surface area contributed by atoms with Crippen molar-refractivity contribution < 1.29 is 19.1 Å². The minimum absolute atomic E-state index is 0.190. The maximum Gasteiger partial charge on any atom is 0.404 e. The second kappa shape index (κ2) is 12.7. The van der Waals surface area contributed by atoms with Gasteiger partial charge in [-0.1, -0.05) is 124 Å². The molecule has 0 bridgehead atoms. The van der Waals surface area contributed by atoms with Crippen molar-refractivity contribution in [1.29, 1.82) is 0 Å². The molecule has 1 unspecified atom stereocenters. The lowest BCUT2D eigenvalue weighted by molar-refractivity contribution is 0.0701. The highest BCUT2D eigenvalue weighted by Gasteiger charge is 2.50. The number of benzene rings is 3. The molecule has 190 valence electrons. The van der Waals surface area contributed by atoms with E-state index in [0.717, 1.165) is 15.9 Å². The molecule has 0 spiro atoms. The van der Waals surface area contributed by atoms with Gasteiger partial charge in [0, 0.05) is 12.8 Å². The van der Waals surface area contributed by atoms with Gasteiger partial charge in [-0.3, -0.25) is 0 Å². The van der Waals surface area contributed by atoms with Crippen LogP contribution in [0, 0.1) is 0 Å². The summed E-state index contributed by atoms with van der Waals surface area (Å²) in [7, 11) is -2.78. The Morgan fingerprint density at radius 2 is 1.42 bits per heavy atom. The SMILES string of the molecule is CC(C)(C)[Si](OC[C@H](C/C=C\C(O)Cc1ccccc1)OC(N)=O)(c1ccccc1)c1ccccc1. The highest BCUT2D eigenvalue weighted by atomic mass is 28.4. The summed E-state index contributed by atoms with van der Waals surface area (Å²) in [6.07, 6.45) is 2.39. The molecule has 3 N–H and O–H groups in total. The number of rotatable bonds is 11. The Kier molecular flexibility index (Phi) is 9.64. The van der Waals surface area contributed by atoms with E-state index < -0.39 is 26.6 Å². The summed E-state index contributed by atoms with van der Waals surface area (Å²) < 4.78 is 12.3. The number of carbonyl (C=O) groups excluding carboxylic acids is 1. The van der Waals surface area contributed by atoms with Gasteiger partial charge in [-0.05, 0) is 21.0 Å². The van der Waals surface area contributed by atoms with Crippen molar-refractivity contribution in [3.63, 3.8) is 0 Å². The second-order valence-electron chi connectivity index (χ2n) is 9.95. The lowest BCUT2D eigenvalue weighted by Crippen LogP contribution is -2.67. The lowest BCUT2D eigenvalue weighted by Gasteiger charge is -2.43. The number of amides is 1. The fraction of sp³-hybridized carbons (Fsp3) is 0.300. The lowest BCUT2D eigenvalue weighted by atomic mass is 10.1. The molecule has 0 aromatic heterocycles. The van der Waals surface area contributed by atoms with Crippen LogP contribution in [-0.2, 0) is 15.6 Å². The molecular formula is C30H37NO4Si. The highest BCUT2D eigenvalue weighted by Crippen LogP contribution is 2.37. The average molecular weight is 504 g/mol. The van der Waals surface area contributed by atoms with Crippen LogP contribution in [0.3, 0.4) is 0 Å². The van der Waals surface area contributed by atoms with E-state index in [9.17, 15) is 9.90 Å². The van der Waals surface area contributed by atoms with Crippen molar-refractivity contribution in [3.05, 3.63) is 109 Å². The Morgan fingerprint density at radius 3 is 1.89 bits per heavy atom. The second-order valence-corrected chi connectivity index (χ2v) is 14.3. The minimum Gasteiger partial charge on any atom is -0.444 e. The molecule has 0 heterocycles. The molecule has 6 heteroatoms. The number of primary amides is 1. The van der Waals surface area contributed by atoms with Gasteiger partial charge in [-0.15, -0.1) is 0 Å². The van der Waals surface area contributed by atoms with Crippen LogP contribution in [0.15, 0.2) is 103 Å². The predicted molar refractivity (Wildman–Crippen MR) is 148 cm³/mol. The Morgan fingerprint density at radius 1 is 0.917 bits per heavy atom. The van der Waals surface area contributed by atoms with Crippen LogP contribution in [0.4, 0.5) is 4.79 Å². The molecule has 5 nitrogen and oxygen atoms in total. The van der Waals surface area contributed by atoms with E-state index in [1.807, 2.05) is 72.8 Å². The van der Waals surface area contributed by atoms with Crippen molar-refractivity contribution >= 4 is 24.8 Å². The van der Waals surface area contributed by atoms with Crippen LogP contribution in [0.2, 0.25) is 5.04 Å². The van der Waals surface area contributed by atoms with Crippen LogP contribution >= 0.6 is 0 Å². The largest absolute Gasteiger partial charge is 0.444 e. The molecule has 3 rings (SSSR count). The van der Waals surface area contributed by atoms with Crippen LogP contribution in [0.5, 0.6) is 0 Å². The first-order valence-corrected chi connectivity index (χ1v) is 14.2. The zero-order valence-electron chi connectivity index (χ0n) is 21.3. The standard InChI is InChI=1S/C30H37NO4Si/c1-30(2,3)36(27-18-9-5-10-19-27,28-20-11-6-12-21-28)34-23-26(35-29(31)33)17-13-16-25(32)22-24-14-7-4-8-15-24/h4-16,18-21,25-26,32H,17,22-23H2,1-3H3,(H2,31,33)/b16-13-/t25?,26-/m0/s1. The van der Waals surface area contributed by atoms with Gasteiger partial charge in [0.1, 0.15) is 6.10 Å². The summed E-state index contributed by atoms with van der Waals surface area (Å²) in [5, 5.41) is 12.5. The summed E-state index contributed by atoms with van der Waals surface area (Å²) in [6.45, 7) is 6.78. The Bertz CT molecular complexity index is 1060. The smallest absolute Gasteiger partial charge is 0.404 e. The monoisotopic (exact) mass is 503 g/mol. The maximum absolute atomic E-state index is 11.7. The maximum atomic E-state index is 11.7. The van der Waals surface area contributed by atoms with E-state index in [1.165, 1.54) is 0 Å². The average Bonchev–Trinajstić information content (AvgIpc) is 2.85. The molecule has 2 atom stereocenters. The van der Waals surface area contributed by atoms with Gasteiger partial charge < -0.3 is 20.0 Å². The molecule has 0 saturated carbocycles. The number of aliphatic hydroxyl groups excluding tert-OH is 1. The molecule has 0 saturated heterocycles. The van der Waals surface area contributed by atoms with E-state index in [0.29, 0.717) is 12.8 Å². The zero-order valence-corrected chi connectivity index (χ0v) is 22.3. The Balaban J connectivity index is 1.82. The Hall–Kier alpha value is -3.19. The molecular weight excluding hydrogens is 466 g/mol. The molecule has 3 aromatic rings. The first-order chi connectivity index (χ1) is 17.2. The summed E-state index contributed by atoms with van der Waals surface area (Å²) in [4.78, 5) is 11.7. The van der Waals surface area contributed by atoms with Gasteiger partial charge >= 0.3 is 6.09 Å². The quantitative estimate of drug-likeness (QED) is 0.297. The number of carbonyl (C=O) groups is 1. The molecule has 0 fully saturated rings.